The lowest BCUT2D eigenvalue weighted by atomic mass is 10.1. The van der Waals surface area contributed by atoms with Gasteiger partial charge in [0.25, 0.3) is 15.9 Å². The number of nitrogens with two attached hydrogens (primary N) is 2. The predicted octanol–water partition coefficient (Wildman–Crippen LogP) is 1.97. The minimum Gasteiger partial charge on any atom is -0.480 e. The summed E-state index contributed by atoms with van der Waals surface area (Å²) in [5.74, 6) is -1.35. The van der Waals surface area contributed by atoms with Crippen LogP contribution in [0.1, 0.15) is 28.2 Å². The number of carbonyl (C=O) groups excluding carboxylic acids is 1. The van der Waals surface area contributed by atoms with Gasteiger partial charge < -0.3 is 37.0 Å². The molecule has 48 heavy (non-hydrogen) atoms. The number of rotatable bonds is 15. The van der Waals surface area contributed by atoms with Crippen LogP contribution >= 0.6 is 22.7 Å². The summed E-state index contributed by atoms with van der Waals surface area (Å²) >= 11 is 2.54. The maximum Gasteiger partial charge on any atom is 0.326 e. The minimum atomic E-state index is -4.10. The minimum absolute atomic E-state index is 0.0209. The van der Waals surface area contributed by atoms with E-state index >= 15 is 0 Å². The second kappa shape index (κ2) is 15.7. The van der Waals surface area contributed by atoms with Crippen LogP contribution in [0.25, 0.3) is 0 Å². The van der Waals surface area contributed by atoms with Gasteiger partial charge in [-0.05, 0) is 48.6 Å². The van der Waals surface area contributed by atoms with Gasteiger partial charge in [-0.2, -0.15) is 0 Å². The first-order valence-corrected chi connectivity index (χ1v) is 18.1. The van der Waals surface area contributed by atoms with E-state index in [1.807, 2.05) is 5.38 Å². The van der Waals surface area contributed by atoms with Gasteiger partial charge in [-0.15, -0.1) is 22.7 Å². The Morgan fingerprint density at radius 3 is 2.52 bits per heavy atom. The van der Waals surface area contributed by atoms with E-state index in [0.717, 1.165) is 54.3 Å². The van der Waals surface area contributed by atoms with Gasteiger partial charge in [0, 0.05) is 56.2 Å². The van der Waals surface area contributed by atoms with Crippen LogP contribution in [0.2, 0.25) is 0 Å². The van der Waals surface area contributed by atoms with Gasteiger partial charge in [-0.3, -0.25) is 14.5 Å². The molecule has 1 amide bonds. The number of carbonyl (C=O) groups is 2. The summed E-state index contributed by atoms with van der Waals surface area (Å²) in [6.45, 7) is 3.74. The number of hydrogen-bond acceptors (Lipinski definition) is 13. The molecule has 8 N–H and O–H groups in total. The molecule has 1 aliphatic rings. The summed E-state index contributed by atoms with van der Waals surface area (Å²) < 4.78 is 29.1. The molecule has 0 radical (unpaired) electrons. The number of benzene rings is 1. The number of carboxylic acid groups (broad SMARTS) is 1. The predicted molar refractivity (Wildman–Crippen MR) is 186 cm³/mol. The molecule has 1 saturated heterocycles. The molecule has 19 heteroatoms. The van der Waals surface area contributed by atoms with E-state index in [1.54, 1.807) is 47.3 Å². The molecule has 1 unspecified atom stereocenters. The molecule has 3 aromatic heterocycles. The summed E-state index contributed by atoms with van der Waals surface area (Å²) in [5, 5.41) is 19.7. The Labute approximate surface area is 285 Å². The number of hydrogen-bond donors (Lipinski definition) is 6. The average Bonchev–Trinajstić information content (AvgIpc) is 3.75. The number of sulfonamides is 1. The Morgan fingerprint density at radius 1 is 1.04 bits per heavy atom. The molecule has 4 heterocycles. The second-order valence-electron chi connectivity index (χ2n) is 10.6. The standard InChI is InChI=1S/C29H35N11O5S3/c30-27(31)32-8-2-6-23(26(42)43)37-25(41)24-22(7-15-46-24)38-48(44,45)21-5-1-4-19(16-21)35-17-20-18-47-29(36-20)40-13-11-39(12-14-40)28-33-9-3-10-34-28/h1,3-5,7,9-10,15-16,18,23,35,38H,2,6,8,11-14,17H2,(H,37,41)(H,42,43)(H4,30,31,32). The SMILES string of the molecule is NC(N)=NCCCC(NC(=O)c1sccc1NS(=O)(=O)c1cccc(NCc2csc(N3CCN(c4ncccn4)CC3)n2)c1)C(=O)O. The quantitative estimate of drug-likeness (QED) is 0.0588. The van der Waals surface area contributed by atoms with Crippen LogP contribution in [0.3, 0.4) is 0 Å². The normalized spacial score (nSPS) is 13.8. The van der Waals surface area contributed by atoms with Crippen molar-refractivity contribution in [3.63, 3.8) is 0 Å². The van der Waals surface area contributed by atoms with Crippen molar-refractivity contribution in [2.75, 3.05) is 52.6 Å². The van der Waals surface area contributed by atoms with Gasteiger partial charge >= 0.3 is 5.97 Å². The number of piperazine rings is 1. The second-order valence-corrected chi connectivity index (χ2v) is 14.0. The highest BCUT2D eigenvalue weighted by Crippen LogP contribution is 2.27. The molecule has 1 fully saturated rings. The highest BCUT2D eigenvalue weighted by Gasteiger charge is 2.25. The Bertz CT molecular complexity index is 1840. The van der Waals surface area contributed by atoms with Crippen LogP contribution in [0.4, 0.5) is 22.5 Å². The first-order valence-electron chi connectivity index (χ1n) is 14.8. The third-order valence-corrected chi connectivity index (χ3v) is 10.4. The van der Waals surface area contributed by atoms with Crippen molar-refractivity contribution in [1.29, 1.82) is 0 Å². The summed E-state index contributed by atoms with van der Waals surface area (Å²) in [4.78, 5) is 46.3. The van der Waals surface area contributed by atoms with Crippen LogP contribution < -0.4 is 36.6 Å². The zero-order valence-electron chi connectivity index (χ0n) is 25.7. The number of anilines is 4. The van der Waals surface area contributed by atoms with Gasteiger partial charge in [0.2, 0.25) is 5.95 Å². The lowest BCUT2D eigenvalue weighted by Gasteiger charge is -2.34. The number of thiazole rings is 1. The van der Waals surface area contributed by atoms with E-state index in [2.05, 4.69) is 40.1 Å². The van der Waals surface area contributed by atoms with E-state index in [4.69, 9.17) is 16.5 Å². The number of nitrogens with one attached hydrogen (secondary N) is 3. The van der Waals surface area contributed by atoms with Crippen LogP contribution in [0.5, 0.6) is 0 Å². The van der Waals surface area contributed by atoms with Crippen molar-refractivity contribution < 1.29 is 23.1 Å². The number of aromatic nitrogens is 3. The van der Waals surface area contributed by atoms with Crippen LogP contribution in [0.15, 0.2) is 69.4 Å². The maximum absolute atomic E-state index is 13.3. The van der Waals surface area contributed by atoms with E-state index in [1.165, 1.54) is 18.2 Å². The zero-order valence-corrected chi connectivity index (χ0v) is 28.1. The van der Waals surface area contributed by atoms with Gasteiger partial charge in [0.1, 0.15) is 10.9 Å². The van der Waals surface area contributed by atoms with E-state index in [-0.39, 0.29) is 34.4 Å². The molecular formula is C29H35N11O5S3. The molecule has 1 aliphatic heterocycles. The fourth-order valence-corrected chi connectivity index (χ4v) is 7.61. The largest absolute Gasteiger partial charge is 0.480 e. The fraction of sp³-hybridized carbons (Fsp3) is 0.310. The van der Waals surface area contributed by atoms with Crippen molar-refractivity contribution in [3.05, 3.63) is 70.1 Å². The van der Waals surface area contributed by atoms with Gasteiger partial charge in [-0.1, -0.05) is 6.07 Å². The van der Waals surface area contributed by atoms with Crippen LogP contribution in [0, 0.1) is 0 Å². The summed E-state index contributed by atoms with van der Waals surface area (Å²) in [5.41, 5.74) is 12.0. The third kappa shape index (κ3) is 9.07. The number of carboxylic acids is 1. The van der Waals surface area contributed by atoms with Gasteiger partial charge in [0.05, 0.1) is 22.8 Å². The molecule has 0 saturated carbocycles. The first-order chi connectivity index (χ1) is 23.1. The molecule has 1 atom stereocenters. The van der Waals surface area contributed by atoms with Gasteiger partial charge in [-0.25, -0.2) is 28.2 Å². The monoisotopic (exact) mass is 713 g/mol. The van der Waals surface area contributed by atoms with Crippen molar-refractivity contribution in [2.45, 2.75) is 30.3 Å². The molecule has 0 aliphatic carbocycles. The highest BCUT2D eigenvalue weighted by atomic mass is 32.2. The van der Waals surface area contributed by atoms with Crippen LogP contribution in [-0.4, -0.2) is 85.1 Å². The number of aliphatic carboxylic acids is 1. The topological polar surface area (TPSA) is 234 Å². The first kappa shape index (κ1) is 34.3. The molecule has 0 bridgehead atoms. The molecule has 1 aromatic carbocycles. The molecule has 254 valence electrons. The Morgan fingerprint density at radius 2 is 1.79 bits per heavy atom. The molecular weight excluding hydrogens is 679 g/mol. The summed E-state index contributed by atoms with van der Waals surface area (Å²) in [6.07, 6.45) is 3.86. The number of guanidine groups is 1. The number of nitrogens with zero attached hydrogens (tertiary/aromatic N) is 6. The Hall–Kier alpha value is -5.01. The highest BCUT2D eigenvalue weighted by molar-refractivity contribution is 7.92. The number of aliphatic imine (C=N–C) groups is 1. The van der Waals surface area contributed by atoms with Crippen molar-refractivity contribution >= 4 is 73.0 Å². The molecule has 5 rings (SSSR count). The molecule has 4 aromatic rings. The van der Waals surface area contributed by atoms with E-state index in [0.29, 0.717) is 18.7 Å². The fourth-order valence-electron chi connectivity index (χ4n) is 4.79. The average molecular weight is 714 g/mol. The van der Waals surface area contributed by atoms with Crippen molar-refractivity contribution in [3.8, 4) is 0 Å². The van der Waals surface area contributed by atoms with Crippen molar-refractivity contribution in [1.82, 2.24) is 20.3 Å². The third-order valence-electron chi connectivity index (χ3n) is 7.21. The van der Waals surface area contributed by atoms with Crippen LogP contribution in [-0.2, 0) is 21.4 Å². The Kier molecular flexibility index (Phi) is 11.2. The lowest BCUT2D eigenvalue weighted by molar-refractivity contribution is -0.139. The van der Waals surface area contributed by atoms with Crippen molar-refractivity contribution in [2.24, 2.45) is 16.5 Å². The smallest absolute Gasteiger partial charge is 0.326 e. The van der Waals surface area contributed by atoms with E-state index in [9.17, 15) is 23.1 Å². The zero-order chi connectivity index (χ0) is 34.1. The Balaban J connectivity index is 1.16. The van der Waals surface area contributed by atoms with E-state index < -0.39 is 27.9 Å². The maximum atomic E-state index is 13.3. The molecule has 0 spiro atoms. The molecule has 16 nitrogen and oxygen atoms in total. The summed E-state index contributed by atoms with van der Waals surface area (Å²) in [7, 11) is -4.10. The van der Waals surface area contributed by atoms with Gasteiger partial charge in [0.15, 0.2) is 11.1 Å². The lowest BCUT2D eigenvalue weighted by Crippen LogP contribution is -2.47. The number of amides is 1. The summed E-state index contributed by atoms with van der Waals surface area (Å²) in [6, 6.07) is 8.32. The number of thiophene rings is 1.